The van der Waals surface area contributed by atoms with Crippen molar-refractivity contribution in [1.82, 2.24) is 9.47 Å². The van der Waals surface area contributed by atoms with Gasteiger partial charge in [0.1, 0.15) is 11.6 Å². The van der Waals surface area contributed by atoms with E-state index in [9.17, 15) is 9.18 Å². The normalized spacial score (nSPS) is 15.9. The number of ether oxygens (including phenoxy) is 1. The molecule has 0 saturated heterocycles. The molecule has 144 valence electrons. The Morgan fingerprint density at radius 2 is 1.89 bits per heavy atom. The van der Waals surface area contributed by atoms with Crippen LogP contribution in [0.4, 0.5) is 4.39 Å². The van der Waals surface area contributed by atoms with Crippen molar-refractivity contribution >= 4 is 5.91 Å². The quantitative estimate of drug-likeness (QED) is 0.595. The zero-order valence-corrected chi connectivity index (χ0v) is 15.6. The molecule has 1 aliphatic heterocycles. The van der Waals surface area contributed by atoms with Crippen LogP contribution in [0.2, 0.25) is 0 Å². The fourth-order valence-electron chi connectivity index (χ4n) is 3.75. The number of rotatable bonds is 6. The summed E-state index contributed by atoms with van der Waals surface area (Å²) in [5.74, 6) is 0.283. The average Bonchev–Trinajstić information content (AvgIpc) is 3.20. The predicted molar refractivity (Wildman–Crippen MR) is 106 cm³/mol. The predicted octanol–water partition coefficient (Wildman–Crippen LogP) is 4.42. The molecule has 1 amide bonds. The number of benzene rings is 2. The second kappa shape index (κ2) is 8.30. The number of carbonyl (C=O) groups is 1. The summed E-state index contributed by atoms with van der Waals surface area (Å²) in [6.45, 7) is 1.87. The molecule has 0 radical (unpaired) electrons. The smallest absolute Gasteiger partial charge is 0.223 e. The molecule has 0 spiro atoms. The lowest BCUT2D eigenvalue weighted by Crippen LogP contribution is -2.42. The maximum absolute atomic E-state index is 13.2. The number of carbonyl (C=O) groups excluding carboxylic acids is 1. The van der Waals surface area contributed by atoms with Gasteiger partial charge >= 0.3 is 0 Å². The molecule has 28 heavy (non-hydrogen) atoms. The molecule has 0 bridgehead atoms. The van der Waals surface area contributed by atoms with E-state index in [0.29, 0.717) is 31.7 Å². The molecule has 2 heterocycles. The number of aromatic nitrogens is 1. The van der Waals surface area contributed by atoms with Gasteiger partial charge in [0.15, 0.2) is 0 Å². The highest BCUT2D eigenvalue weighted by molar-refractivity contribution is 5.77. The van der Waals surface area contributed by atoms with E-state index < -0.39 is 0 Å². The summed E-state index contributed by atoms with van der Waals surface area (Å²) in [6.07, 6.45) is 3.06. The van der Waals surface area contributed by atoms with E-state index in [1.54, 1.807) is 12.1 Å². The van der Waals surface area contributed by atoms with E-state index >= 15 is 0 Å². The first kappa shape index (κ1) is 18.3. The van der Waals surface area contributed by atoms with Crippen LogP contribution in [0.15, 0.2) is 72.9 Å². The molecule has 3 aromatic rings. The van der Waals surface area contributed by atoms with E-state index in [0.717, 1.165) is 17.8 Å². The molecular formula is C23H23FN2O2. The van der Waals surface area contributed by atoms with Crippen LogP contribution in [-0.4, -0.2) is 28.5 Å². The SMILES string of the molecule is O=C(CCCOc1cccc(F)c1)N1CCn2cccc2C1c1ccccc1. The summed E-state index contributed by atoms with van der Waals surface area (Å²) in [6, 6.07) is 20.3. The van der Waals surface area contributed by atoms with Crippen molar-refractivity contribution in [3.63, 3.8) is 0 Å². The minimum atomic E-state index is -0.324. The van der Waals surface area contributed by atoms with Crippen molar-refractivity contribution in [1.29, 1.82) is 0 Å². The van der Waals surface area contributed by atoms with Crippen LogP contribution in [0.5, 0.6) is 5.75 Å². The first-order valence-corrected chi connectivity index (χ1v) is 9.60. The standard InChI is InChI=1S/C23H23FN2O2/c24-19-9-4-10-20(17-19)28-16-6-12-22(27)26-15-14-25-13-5-11-21(25)23(26)18-7-2-1-3-8-18/h1-5,7-11,13,17,23H,6,12,14-16H2. The molecule has 1 aromatic heterocycles. The summed E-state index contributed by atoms with van der Waals surface area (Å²) in [7, 11) is 0. The van der Waals surface area contributed by atoms with Gasteiger partial charge in [-0.1, -0.05) is 36.4 Å². The third kappa shape index (κ3) is 3.93. The Bertz CT molecular complexity index is 939. The summed E-state index contributed by atoms with van der Waals surface area (Å²) in [5, 5.41) is 0. The third-order valence-corrected chi connectivity index (χ3v) is 5.07. The molecule has 1 aliphatic rings. The van der Waals surface area contributed by atoms with Crippen LogP contribution in [0.1, 0.15) is 30.1 Å². The molecule has 5 heteroatoms. The van der Waals surface area contributed by atoms with Gasteiger partial charge in [-0.25, -0.2) is 4.39 Å². The van der Waals surface area contributed by atoms with Gasteiger partial charge in [0.2, 0.25) is 5.91 Å². The van der Waals surface area contributed by atoms with Crippen molar-refractivity contribution in [2.45, 2.75) is 25.4 Å². The van der Waals surface area contributed by atoms with E-state index in [4.69, 9.17) is 4.74 Å². The third-order valence-electron chi connectivity index (χ3n) is 5.07. The highest BCUT2D eigenvalue weighted by Gasteiger charge is 2.31. The lowest BCUT2D eigenvalue weighted by atomic mass is 9.99. The molecule has 0 saturated carbocycles. The highest BCUT2D eigenvalue weighted by Crippen LogP contribution is 2.32. The Kier molecular flexibility index (Phi) is 5.42. The molecule has 4 rings (SSSR count). The Morgan fingerprint density at radius 1 is 1.04 bits per heavy atom. The van der Waals surface area contributed by atoms with Crippen LogP contribution >= 0.6 is 0 Å². The van der Waals surface area contributed by atoms with Gasteiger partial charge < -0.3 is 14.2 Å². The van der Waals surface area contributed by atoms with Crippen molar-refractivity contribution in [3.05, 3.63) is 90.0 Å². The van der Waals surface area contributed by atoms with Crippen molar-refractivity contribution in [2.75, 3.05) is 13.2 Å². The first-order chi connectivity index (χ1) is 13.7. The number of halogens is 1. The molecule has 0 N–H and O–H groups in total. The minimum Gasteiger partial charge on any atom is -0.493 e. The second-order valence-electron chi connectivity index (χ2n) is 6.94. The van der Waals surface area contributed by atoms with Crippen LogP contribution in [-0.2, 0) is 11.3 Å². The van der Waals surface area contributed by atoms with E-state index in [1.807, 2.05) is 29.2 Å². The van der Waals surface area contributed by atoms with Gasteiger partial charge in [-0.05, 0) is 36.2 Å². The van der Waals surface area contributed by atoms with Gasteiger partial charge in [0.05, 0.1) is 12.6 Å². The topological polar surface area (TPSA) is 34.5 Å². The Labute approximate surface area is 164 Å². The molecule has 0 fully saturated rings. The number of nitrogens with zero attached hydrogens (tertiary/aromatic N) is 2. The maximum Gasteiger partial charge on any atom is 0.223 e. The van der Waals surface area contributed by atoms with Gasteiger partial charge in [-0.15, -0.1) is 0 Å². The summed E-state index contributed by atoms with van der Waals surface area (Å²) in [5.41, 5.74) is 2.26. The minimum absolute atomic E-state index is 0.0680. The molecular weight excluding hydrogens is 355 g/mol. The lowest BCUT2D eigenvalue weighted by molar-refractivity contribution is -0.134. The number of fused-ring (bicyclic) bond motifs is 1. The van der Waals surface area contributed by atoms with Crippen LogP contribution < -0.4 is 4.74 Å². The number of hydrogen-bond donors (Lipinski definition) is 0. The van der Waals surface area contributed by atoms with E-state index in [-0.39, 0.29) is 17.8 Å². The molecule has 1 unspecified atom stereocenters. The molecule has 0 aliphatic carbocycles. The highest BCUT2D eigenvalue weighted by atomic mass is 19.1. The second-order valence-corrected chi connectivity index (χ2v) is 6.94. The van der Waals surface area contributed by atoms with E-state index in [1.165, 1.54) is 12.1 Å². The van der Waals surface area contributed by atoms with E-state index in [2.05, 4.69) is 29.0 Å². The fraction of sp³-hybridized carbons (Fsp3) is 0.261. The molecule has 2 aromatic carbocycles. The lowest BCUT2D eigenvalue weighted by Gasteiger charge is -2.37. The van der Waals surface area contributed by atoms with Crippen LogP contribution in [0.3, 0.4) is 0 Å². The number of hydrogen-bond acceptors (Lipinski definition) is 2. The van der Waals surface area contributed by atoms with Crippen LogP contribution in [0, 0.1) is 5.82 Å². The molecule has 1 atom stereocenters. The zero-order chi connectivity index (χ0) is 19.3. The first-order valence-electron chi connectivity index (χ1n) is 9.60. The zero-order valence-electron chi connectivity index (χ0n) is 15.6. The van der Waals surface area contributed by atoms with Gasteiger partial charge in [0, 0.05) is 37.5 Å². The Hall–Kier alpha value is -3.08. The Balaban J connectivity index is 1.41. The average molecular weight is 378 g/mol. The number of amides is 1. The van der Waals surface area contributed by atoms with Crippen molar-refractivity contribution < 1.29 is 13.9 Å². The van der Waals surface area contributed by atoms with Gasteiger partial charge in [0.25, 0.3) is 0 Å². The largest absolute Gasteiger partial charge is 0.493 e. The van der Waals surface area contributed by atoms with Crippen molar-refractivity contribution in [3.8, 4) is 5.75 Å². The van der Waals surface area contributed by atoms with Crippen molar-refractivity contribution in [2.24, 2.45) is 0 Å². The monoisotopic (exact) mass is 378 g/mol. The van der Waals surface area contributed by atoms with Gasteiger partial charge in [-0.2, -0.15) is 0 Å². The van der Waals surface area contributed by atoms with Crippen LogP contribution in [0.25, 0.3) is 0 Å². The van der Waals surface area contributed by atoms with Gasteiger partial charge in [-0.3, -0.25) is 4.79 Å². The summed E-state index contributed by atoms with van der Waals surface area (Å²) < 4.78 is 21.0. The Morgan fingerprint density at radius 3 is 2.71 bits per heavy atom. The maximum atomic E-state index is 13.2. The fourth-order valence-corrected chi connectivity index (χ4v) is 3.75. The molecule has 4 nitrogen and oxygen atoms in total. The summed E-state index contributed by atoms with van der Waals surface area (Å²) >= 11 is 0. The summed E-state index contributed by atoms with van der Waals surface area (Å²) in [4.78, 5) is 14.9.